The average Bonchev–Trinajstić information content (AvgIpc) is 1.91. The first kappa shape index (κ1) is 14.1. The van der Waals surface area contributed by atoms with Gasteiger partial charge in [-0.05, 0) is 13.1 Å². The number of hydrogen-bond donors (Lipinski definition) is 0. The molecule has 1 rings (SSSR count). The second-order valence-electron chi connectivity index (χ2n) is 1.56. The summed E-state index contributed by atoms with van der Waals surface area (Å²) < 4.78 is 5.12. The Morgan fingerprint density at radius 2 is 2.36 bits per heavy atom. The zero-order valence-corrected chi connectivity index (χ0v) is 10.4. The largest absolute Gasteiger partial charge is 1.00 e. The second-order valence-corrected chi connectivity index (χ2v) is 1.56. The molecule has 0 fully saturated rings. The quantitative estimate of drug-likeness (QED) is 0.414. The smallest absolute Gasteiger partial charge is 0.518 e. The fraction of sp³-hybridized carbons (Fsp3) is 0.250. The zero-order valence-electron chi connectivity index (χ0n) is 7.29. The molecule has 11 heavy (non-hydrogen) atoms. The van der Waals surface area contributed by atoms with Gasteiger partial charge in [0.1, 0.15) is 0 Å². The van der Waals surface area contributed by atoms with Crippen LogP contribution in [0.2, 0.25) is 0 Å². The van der Waals surface area contributed by atoms with Gasteiger partial charge in [0.15, 0.2) is 0 Å². The molecule has 56 valence electrons. The van der Waals surface area contributed by atoms with Crippen molar-refractivity contribution in [2.45, 2.75) is 6.92 Å². The van der Waals surface area contributed by atoms with Gasteiger partial charge in [-0.25, -0.2) is 0 Å². The van der Waals surface area contributed by atoms with Gasteiger partial charge in [-0.15, -0.1) is 6.07 Å². The standard InChI is InChI=1S/C7H8NO.CH3.K/c1-2-9-7-4-3-5-8-6-7;;/h3-4,6H,2H2,1H3;1H3;/q2*-1;+1. The summed E-state index contributed by atoms with van der Waals surface area (Å²) in [5.41, 5.74) is 0. The van der Waals surface area contributed by atoms with E-state index in [-0.39, 0.29) is 58.8 Å². The van der Waals surface area contributed by atoms with Gasteiger partial charge in [0, 0.05) is 5.75 Å². The van der Waals surface area contributed by atoms with Gasteiger partial charge in [0.2, 0.25) is 0 Å². The topological polar surface area (TPSA) is 22.1 Å². The van der Waals surface area contributed by atoms with E-state index in [1.54, 1.807) is 12.3 Å². The Bertz CT molecular complexity index is 167. The van der Waals surface area contributed by atoms with Crippen molar-refractivity contribution in [2.75, 3.05) is 6.61 Å². The van der Waals surface area contributed by atoms with Crippen molar-refractivity contribution in [3.05, 3.63) is 32.0 Å². The minimum absolute atomic E-state index is 0. The first-order valence-corrected chi connectivity index (χ1v) is 2.88. The van der Waals surface area contributed by atoms with Crippen LogP contribution < -0.4 is 56.1 Å². The summed E-state index contributed by atoms with van der Waals surface area (Å²) in [6.07, 6.45) is 4.30. The summed E-state index contributed by atoms with van der Waals surface area (Å²) in [5.74, 6) is 0.802. The molecule has 0 radical (unpaired) electrons. The van der Waals surface area contributed by atoms with Gasteiger partial charge in [-0.2, -0.15) is 6.07 Å². The maximum absolute atomic E-state index is 5.12. The molecule has 0 aliphatic heterocycles. The fourth-order valence-electron chi connectivity index (χ4n) is 0.558. The van der Waals surface area contributed by atoms with E-state index in [2.05, 4.69) is 11.2 Å². The molecular formula is C8H11KNO-. The summed E-state index contributed by atoms with van der Waals surface area (Å²) in [7, 11) is 0. The third-order valence-electron chi connectivity index (χ3n) is 0.899. The molecule has 0 aromatic carbocycles. The van der Waals surface area contributed by atoms with Gasteiger partial charge in [-0.1, -0.05) is 6.20 Å². The van der Waals surface area contributed by atoms with E-state index in [4.69, 9.17) is 4.74 Å². The van der Waals surface area contributed by atoms with Crippen LogP contribution in [0.1, 0.15) is 6.92 Å². The Morgan fingerprint density at radius 1 is 1.64 bits per heavy atom. The van der Waals surface area contributed by atoms with Crippen molar-refractivity contribution in [1.29, 1.82) is 0 Å². The number of ether oxygens (including phenoxy) is 1. The molecule has 0 aliphatic rings. The van der Waals surface area contributed by atoms with Crippen molar-refractivity contribution < 1.29 is 56.1 Å². The predicted molar refractivity (Wildman–Crippen MR) is 40.7 cm³/mol. The number of nitrogens with zero attached hydrogens (tertiary/aromatic N) is 1. The van der Waals surface area contributed by atoms with Crippen LogP contribution in [-0.2, 0) is 0 Å². The average molecular weight is 176 g/mol. The van der Waals surface area contributed by atoms with Crippen molar-refractivity contribution >= 4 is 0 Å². The zero-order chi connectivity index (χ0) is 6.53. The minimum Gasteiger partial charge on any atom is -0.518 e. The third-order valence-corrected chi connectivity index (χ3v) is 0.899. The van der Waals surface area contributed by atoms with Gasteiger partial charge < -0.3 is 17.1 Å². The van der Waals surface area contributed by atoms with Crippen LogP contribution in [0.4, 0.5) is 0 Å². The third kappa shape index (κ3) is 5.81. The Labute approximate surface area is 111 Å². The van der Waals surface area contributed by atoms with Gasteiger partial charge in [0.05, 0.1) is 6.61 Å². The first-order chi connectivity index (χ1) is 4.43. The Kier molecular flexibility index (Phi) is 11.2. The molecule has 0 N–H and O–H groups in total. The molecule has 0 amide bonds. The molecule has 0 bridgehead atoms. The molecule has 1 heterocycles. The molecule has 2 nitrogen and oxygen atoms in total. The molecule has 0 spiro atoms. The minimum atomic E-state index is 0. The summed E-state index contributed by atoms with van der Waals surface area (Å²) in [4.78, 5) is 3.75. The number of pyridine rings is 1. The van der Waals surface area contributed by atoms with E-state index in [0.717, 1.165) is 5.75 Å². The van der Waals surface area contributed by atoms with E-state index >= 15 is 0 Å². The first-order valence-electron chi connectivity index (χ1n) is 2.88. The van der Waals surface area contributed by atoms with Crippen LogP contribution in [0.5, 0.6) is 5.75 Å². The molecule has 1 aromatic heterocycles. The molecule has 1 aromatic rings. The molecule has 0 saturated heterocycles. The summed E-state index contributed by atoms with van der Waals surface area (Å²) >= 11 is 0. The van der Waals surface area contributed by atoms with Crippen LogP contribution in [-0.4, -0.2) is 11.6 Å². The Hall–Kier alpha value is 0.586. The van der Waals surface area contributed by atoms with Crippen LogP contribution in [0, 0.1) is 13.6 Å². The summed E-state index contributed by atoms with van der Waals surface area (Å²) in [6, 6.07) is 3.56. The van der Waals surface area contributed by atoms with Crippen molar-refractivity contribution in [1.82, 2.24) is 4.98 Å². The maximum Gasteiger partial charge on any atom is 1.00 e. The van der Waals surface area contributed by atoms with Crippen molar-refractivity contribution in [3.8, 4) is 5.75 Å². The van der Waals surface area contributed by atoms with Gasteiger partial charge in [0.25, 0.3) is 0 Å². The van der Waals surface area contributed by atoms with E-state index < -0.39 is 0 Å². The van der Waals surface area contributed by atoms with Crippen LogP contribution in [0.3, 0.4) is 0 Å². The monoisotopic (exact) mass is 176 g/mol. The van der Waals surface area contributed by atoms with Crippen LogP contribution >= 0.6 is 0 Å². The van der Waals surface area contributed by atoms with Crippen molar-refractivity contribution in [2.24, 2.45) is 0 Å². The molecule has 0 aliphatic carbocycles. The van der Waals surface area contributed by atoms with E-state index in [1.165, 1.54) is 0 Å². The van der Waals surface area contributed by atoms with E-state index in [9.17, 15) is 0 Å². The van der Waals surface area contributed by atoms with Crippen LogP contribution in [0.25, 0.3) is 0 Å². The summed E-state index contributed by atoms with van der Waals surface area (Å²) in [5, 5.41) is 0. The Balaban J connectivity index is 0. The summed E-state index contributed by atoms with van der Waals surface area (Å²) in [6.45, 7) is 2.63. The normalized spacial score (nSPS) is 7.36. The van der Waals surface area contributed by atoms with Crippen molar-refractivity contribution in [3.63, 3.8) is 0 Å². The van der Waals surface area contributed by atoms with Gasteiger partial charge in [-0.3, -0.25) is 0 Å². The van der Waals surface area contributed by atoms with E-state index in [0.29, 0.717) is 6.61 Å². The van der Waals surface area contributed by atoms with Crippen LogP contribution in [0.15, 0.2) is 18.3 Å². The molecule has 0 atom stereocenters. The van der Waals surface area contributed by atoms with E-state index in [1.807, 2.05) is 13.0 Å². The molecule has 0 saturated carbocycles. The number of rotatable bonds is 2. The SMILES string of the molecule is CCOc1cc[c-]nc1.[CH3-].[K+]. The molecule has 0 unspecified atom stereocenters. The second kappa shape index (κ2) is 8.68. The number of hydrogen-bond acceptors (Lipinski definition) is 2. The Morgan fingerprint density at radius 3 is 2.82 bits per heavy atom. The fourth-order valence-corrected chi connectivity index (χ4v) is 0.558. The molecular weight excluding hydrogens is 165 g/mol. The predicted octanol–water partition coefficient (Wildman–Crippen LogP) is -1.27. The maximum atomic E-state index is 5.12. The molecule has 3 heteroatoms. The number of aromatic nitrogens is 1. The van der Waals surface area contributed by atoms with Gasteiger partial charge >= 0.3 is 51.4 Å².